The molecule has 0 saturated carbocycles. The van der Waals surface area contributed by atoms with Crippen LogP contribution in [0.5, 0.6) is 11.5 Å². The first kappa shape index (κ1) is 14.4. The number of fused-ring (bicyclic) bond motifs is 1. The van der Waals surface area contributed by atoms with Crippen molar-refractivity contribution >= 4 is 5.91 Å². The lowest BCUT2D eigenvalue weighted by Crippen LogP contribution is -2.25. The van der Waals surface area contributed by atoms with Gasteiger partial charge in [-0.25, -0.2) is 0 Å². The van der Waals surface area contributed by atoms with Gasteiger partial charge in [-0.1, -0.05) is 26.0 Å². The van der Waals surface area contributed by atoms with Gasteiger partial charge in [-0.2, -0.15) is 0 Å². The molecule has 1 aliphatic rings. The maximum absolute atomic E-state index is 11.5. The predicted molar refractivity (Wildman–Crippen MR) is 77.9 cm³/mol. The summed E-state index contributed by atoms with van der Waals surface area (Å²) in [6.07, 6.45) is 5.22. The molecule has 4 heteroatoms. The van der Waals surface area contributed by atoms with E-state index in [0.29, 0.717) is 19.3 Å². The van der Waals surface area contributed by atoms with E-state index >= 15 is 0 Å². The minimum Gasteiger partial charge on any atom is -0.454 e. The topological polar surface area (TPSA) is 47.6 Å². The lowest BCUT2D eigenvalue weighted by Gasteiger charge is -2.04. The van der Waals surface area contributed by atoms with E-state index in [-0.39, 0.29) is 5.91 Å². The normalized spacial score (nSPS) is 13.2. The molecule has 0 saturated heterocycles. The molecular weight excluding hydrogens is 254 g/mol. The van der Waals surface area contributed by atoms with Crippen LogP contribution in [0.2, 0.25) is 0 Å². The van der Waals surface area contributed by atoms with Crippen LogP contribution in [0.4, 0.5) is 0 Å². The number of carbonyl (C=O) groups is 1. The molecule has 0 bridgehead atoms. The molecule has 0 atom stereocenters. The zero-order valence-corrected chi connectivity index (χ0v) is 12.0. The van der Waals surface area contributed by atoms with E-state index in [4.69, 9.17) is 9.47 Å². The second-order valence-corrected chi connectivity index (χ2v) is 5.27. The minimum atomic E-state index is -0.0237. The van der Waals surface area contributed by atoms with Crippen LogP contribution < -0.4 is 14.8 Å². The molecule has 0 aromatic heterocycles. The van der Waals surface area contributed by atoms with E-state index in [1.807, 2.05) is 24.3 Å². The highest BCUT2D eigenvalue weighted by Crippen LogP contribution is 2.32. The zero-order valence-electron chi connectivity index (χ0n) is 12.0. The first-order valence-corrected chi connectivity index (χ1v) is 6.98. The summed E-state index contributed by atoms with van der Waals surface area (Å²) in [5.41, 5.74) is 1.18. The molecule has 108 valence electrons. The third-order valence-corrected chi connectivity index (χ3v) is 2.99. The highest BCUT2D eigenvalue weighted by atomic mass is 16.7. The van der Waals surface area contributed by atoms with Gasteiger partial charge in [0, 0.05) is 6.54 Å². The summed E-state index contributed by atoms with van der Waals surface area (Å²) in [6.45, 7) is 5.16. The first-order valence-electron chi connectivity index (χ1n) is 6.98. The Kier molecular flexibility index (Phi) is 5.04. The summed E-state index contributed by atoms with van der Waals surface area (Å²) in [5, 5.41) is 2.85. The molecule has 20 heavy (non-hydrogen) atoms. The van der Waals surface area contributed by atoms with E-state index < -0.39 is 0 Å². The maximum Gasteiger partial charge on any atom is 0.243 e. The number of hydrogen-bond acceptors (Lipinski definition) is 3. The number of allylic oxidation sites excluding steroid dienone is 1. The minimum absolute atomic E-state index is 0.0237. The van der Waals surface area contributed by atoms with Crippen LogP contribution in [-0.4, -0.2) is 19.2 Å². The van der Waals surface area contributed by atoms with Crippen molar-refractivity contribution < 1.29 is 14.3 Å². The Balaban J connectivity index is 1.74. The van der Waals surface area contributed by atoms with E-state index in [2.05, 4.69) is 19.2 Å². The molecule has 0 aliphatic carbocycles. The molecular formula is C16H21NO3. The standard InChI is InChI=1S/C16H21NO3/c1-12(2)10-17-16(18)6-4-3-5-13-7-8-14-15(9-13)20-11-19-14/h4,6-9,12H,3,5,10-11H2,1-2H3,(H,17,18)/b6-4+. The Morgan fingerprint density at radius 1 is 1.35 bits per heavy atom. The van der Waals surface area contributed by atoms with Crippen LogP contribution in [0, 0.1) is 5.92 Å². The average molecular weight is 275 g/mol. The van der Waals surface area contributed by atoms with Crippen molar-refractivity contribution in [1.82, 2.24) is 5.32 Å². The fourth-order valence-electron chi connectivity index (χ4n) is 1.90. The smallest absolute Gasteiger partial charge is 0.243 e. The maximum atomic E-state index is 11.5. The van der Waals surface area contributed by atoms with Crippen LogP contribution in [0.1, 0.15) is 25.8 Å². The molecule has 0 spiro atoms. The Bertz CT molecular complexity index is 494. The van der Waals surface area contributed by atoms with Gasteiger partial charge in [0.05, 0.1) is 0 Å². The largest absolute Gasteiger partial charge is 0.454 e. The van der Waals surface area contributed by atoms with Crippen LogP contribution in [0.25, 0.3) is 0 Å². The van der Waals surface area contributed by atoms with E-state index in [0.717, 1.165) is 24.3 Å². The summed E-state index contributed by atoms with van der Waals surface area (Å²) in [5.74, 6) is 2.06. The third kappa shape index (κ3) is 4.30. The van der Waals surface area contributed by atoms with Gasteiger partial charge in [0.2, 0.25) is 12.7 Å². The number of carbonyl (C=O) groups excluding carboxylic acids is 1. The number of rotatable bonds is 6. The number of benzene rings is 1. The van der Waals surface area contributed by atoms with Gasteiger partial charge in [-0.3, -0.25) is 4.79 Å². The average Bonchev–Trinajstić information content (AvgIpc) is 2.88. The molecule has 1 heterocycles. The van der Waals surface area contributed by atoms with E-state index in [9.17, 15) is 4.79 Å². The Morgan fingerprint density at radius 3 is 2.95 bits per heavy atom. The van der Waals surface area contributed by atoms with Crippen molar-refractivity contribution in [2.45, 2.75) is 26.7 Å². The van der Waals surface area contributed by atoms with Crippen molar-refractivity contribution in [1.29, 1.82) is 0 Å². The molecule has 0 radical (unpaired) electrons. The van der Waals surface area contributed by atoms with Crippen molar-refractivity contribution in [3.05, 3.63) is 35.9 Å². The molecule has 1 aromatic rings. The van der Waals surface area contributed by atoms with Crippen molar-refractivity contribution in [2.75, 3.05) is 13.3 Å². The summed E-state index contributed by atoms with van der Waals surface area (Å²) in [4.78, 5) is 11.5. The van der Waals surface area contributed by atoms with E-state index in [1.165, 1.54) is 5.56 Å². The van der Waals surface area contributed by atoms with Gasteiger partial charge in [0.15, 0.2) is 11.5 Å². The Labute approximate surface area is 119 Å². The highest BCUT2D eigenvalue weighted by Gasteiger charge is 2.12. The van der Waals surface area contributed by atoms with Gasteiger partial charge in [-0.05, 0) is 42.5 Å². The van der Waals surface area contributed by atoms with Gasteiger partial charge < -0.3 is 14.8 Å². The number of nitrogens with one attached hydrogen (secondary N) is 1. The number of aryl methyl sites for hydroxylation is 1. The zero-order chi connectivity index (χ0) is 14.4. The number of ether oxygens (including phenoxy) is 2. The number of amides is 1. The second kappa shape index (κ2) is 6.98. The van der Waals surface area contributed by atoms with Crippen LogP contribution >= 0.6 is 0 Å². The molecule has 0 fully saturated rings. The molecule has 1 aliphatic heterocycles. The van der Waals surface area contributed by atoms with Gasteiger partial charge in [0.1, 0.15) is 0 Å². The van der Waals surface area contributed by atoms with Gasteiger partial charge in [0.25, 0.3) is 0 Å². The van der Waals surface area contributed by atoms with Gasteiger partial charge in [-0.15, -0.1) is 0 Å². The Hall–Kier alpha value is -1.97. The van der Waals surface area contributed by atoms with Gasteiger partial charge >= 0.3 is 0 Å². The fraction of sp³-hybridized carbons (Fsp3) is 0.438. The summed E-state index contributed by atoms with van der Waals surface area (Å²) in [7, 11) is 0. The lowest BCUT2D eigenvalue weighted by molar-refractivity contribution is -0.116. The van der Waals surface area contributed by atoms with Crippen molar-refractivity contribution in [3.63, 3.8) is 0 Å². The Morgan fingerprint density at radius 2 is 2.15 bits per heavy atom. The summed E-state index contributed by atoms with van der Waals surface area (Å²) < 4.78 is 10.6. The first-order chi connectivity index (χ1) is 9.65. The monoisotopic (exact) mass is 275 g/mol. The quantitative estimate of drug-likeness (QED) is 0.812. The SMILES string of the molecule is CC(C)CNC(=O)/C=C/CCc1ccc2c(c1)OCO2. The highest BCUT2D eigenvalue weighted by molar-refractivity contribution is 5.87. The summed E-state index contributed by atoms with van der Waals surface area (Å²) >= 11 is 0. The lowest BCUT2D eigenvalue weighted by atomic mass is 10.1. The molecule has 1 amide bonds. The molecule has 1 N–H and O–H groups in total. The van der Waals surface area contributed by atoms with E-state index in [1.54, 1.807) is 6.08 Å². The molecule has 1 aromatic carbocycles. The van der Waals surface area contributed by atoms with Crippen molar-refractivity contribution in [3.8, 4) is 11.5 Å². The molecule has 4 nitrogen and oxygen atoms in total. The molecule has 0 unspecified atom stereocenters. The fourth-order valence-corrected chi connectivity index (χ4v) is 1.90. The second-order valence-electron chi connectivity index (χ2n) is 5.27. The summed E-state index contributed by atoms with van der Waals surface area (Å²) in [6, 6.07) is 5.95. The van der Waals surface area contributed by atoms with Crippen LogP contribution in [0.3, 0.4) is 0 Å². The third-order valence-electron chi connectivity index (χ3n) is 2.99. The van der Waals surface area contributed by atoms with Crippen LogP contribution in [-0.2, 0) is 11.2 Å². The van der Waals surface area contributed by atoms with Crippen molar-refractivity contribution in [2.24, 2.45) is 5.92 Å². The predicted octanol–water partition coefficient (Wildman–Crippen LogP) is 2.68. The van der Waals surface area contributed by atoms with Crippen LogP contribution in [0.15, 0.2) is 30.4 Å². The molecule has 2 rings (SSSR count). The number of hydrogen-bond donors (Lipinski definition) is 1.